The Morgan fingerprint density at radius 1 is 0.900 bits per heavy atom. The van der Waals surface area contributed by atoms with Crippen LogP contribution in [0.1, 0.15) is 29.5 Å². The molecule has 0 saturated carbocycles. The third kappa shape index (κ3) is 5.08. The lowest BCUT2D eigenvalue weighted by atomic mass is 9.86. The van der Waals surface area contributed by atoms with Crippen LogP contribution in [0, 0.1) is 0 Å². The SMILES string of the molecule is O=C(Cc1cccc(OCc2ccccc2)c1)OC1(c2ccccc2)CCCNC1. The van der Waals surface area contributed by atoms with Crippen LogP contribution < -0.4 is 10.1 Å². The second-order valence-corrected chi connectivity index (χ2v) is 7.71. The molecule has 1 aliphatic heterocycles. The van der Waals surface area contributed by atoms with E-state index in [2.05, 4.69) is 5.32 Å². The van der Waals surface area contributed by atoms with Crippen LogP contribution >= 0.6 is 0 Å². The van der Waals surface area contributed by atoms with Crippen molar-refractivity contribution >= 4 is 5.97 Å². The number of hydrogen-bond acceptors (Lipinski definition) is 4. The average molecular weight is 402 g/mol. The summed E-state index contributed by atoms with van der Waals surface area (Å²) < 4.78 is 12.0. The molecule has 1 N–H and O–H groups in total. The van der Waals surface area contributed by atoms with Gasteiger partial charge in [-0.25, -0.2) is 0 Å². The number of esters is 1. The summed E-state index contributed by atoms with van der Waals surface area (Å²) in [5, 5.41) is 3.39. The molecule has 1 heterocycles. The molecule has 4 heteroatoms. The zero-order valence-corrected chi connectivity index (χ0v) is 17.1. The van der Waals surface area contributed by atoms with Crippen LogP contribution in [-0.2, 0) is 28.2 Å². The van der Waals surface area contributed by atoms with E-state index >= 15 is 0 Å². The number of carbonyl (C=O) groups is 1. The average Bonchev–Trinajstić information content (AvgIpc) is 2.80. The first-order valence-electron chi connectivity index (χ1n) is 10.5. The maximum absolute atomic E-state index is 12.9. The molecule has 0 bridgehead atoms. The monoisotopic (exact) mass is 401 g/mol. The molecule has 0 radical (unpaired) electrons. The Morgan fingerprint density at radius 3 is 2.37 bits per heavy atom. The molecule has 3 aromatic rings. The van der Waals surface area contributed by atoms with Crippen molar-refractivity contribution in [3.8, 4) is 5.75 Å². The summed E-state index contributed by atoms with van der Waals surface area (Å²) in [4.78, 5) is 12.9. The lowest BCUT2D eigenvalue weighted by Gasteiger charge is -2.37. The predicted molar refractivity (Wildman–Crippen MR) is 117 cm³/mol. The minimum Gasteiger partial charge on any atom is -0.489 e. The Hall–Kier alpha value is -3.11. The molecule has 3 aromatic carbocycles. The maximum atomic E-state index is 12.9. The Balaban J connectivity index is 1.41. The van der Waals surface area contributed by atoms with Gasteiger partial charge in [-0.1, -0.05) is 72.8 Å². The van der Waals surface area contributed by atoms with Crippen LogP contribution in [0.5, 0.6) is 5.75 Å². The van der Waals surface area contributed by atoms with Gasteiger partial charge >= 0.3 is 5.97 Å². The lowest BCUT2D eigenvalue weighted by Crippen LogP contribution is -2.46. The number of benzene rings is 3. The highest BCUT2D eigenvalue weighted by molar-refractivity contribution is 5.73. The van der Waals surface area contributed by atoms with E-state index < -0.39 is 5.60 Å². The van der Waals surface area contributed by atoms with Gasteiger partial charge in [-0.15, -0.1) is 0 Å². The fourth-order valence-corrected chi connectivity index (χ4v) is 3.92. The van der Waals surface area contributed by atoms with Gasteiger partial charge in [0.05, 0.1) is 6.42 Å². The third-order valence-corrected chi connectivity index (χ3v) is 5.45. The van der Waals surface area contributed by atoms with Crippen LogP contribution in [0.25, 0.3) is 0 Å². The van der Waals surface area contributed by atoms with Gasteiger partial charge in [0.2, 0.25) is 0 Å². The fourth-order valence-electron chi connectivity index (χ4n) is 3.92. The Kier molecular flexibility index (Phi) is 6.45. The number of rotatable bonds is 7. The second-order valence-electron chi connectivity index (χ2n) is 7.71. The Morgan fingerprint density at radius 2 is 1.63 bits per heavy atom. The number of hydrogen-bond donors (Lipinski definition) is 1. The molecule has 4 rings (SSSR count). The lowest BCUT2D eigenvalue weighted by molar-refractivity contribution is -0.162. The molecule has 4 nitrogen and oxygen atoms in total. The van der Waals surface area contributed by atoms with E-state index in [1.165, 1.54) is 0 Å². The summed E-state index contributed by atoms with van der Waals surface area (Å²) in [6.07, 6.45) is 2.03. The summed E-state index contributed by atoms with van der Waals surface area (Å²) >= 11 is 0. The molecule has 154 valence electrons. The van der Waals surface area contributed by atoms with E-state index in [9.17, 15) is 4.79 Å². The van der Waals surface area contributed by atoms with Crippen molar-refractivity contribution < 1.29 is 14.3 Å². The molecule has 0 amide bonds. The van der Waals surface area contributed by atoms with Crippen LogP contribution in [0.3, 0.4) is 0 Å². The molecular formula is C26H27NO3. The smallest absolute Gasteiger partial charge is 0.311 e. The summed E-state index contributed by atoms with van der Waals surface area (Å²) in [5.74, 6) is 0.532. The zero-order chi connectivity index (χ0) is 20.7. The van der Waals surface area contributed by atoms with Gasteiger partial charge in [0.1, 0.15) is 18.0 Å². The van der Waals surface area contributed by atoms with Gasteiger partial charge in [0.15, 0.2) is 0 Å². The molecule has 1 fully saturated rings. The van der Waals surface area contributed by atoms with E-state index in [1.54, 1.807) is 0 Å². The van der Waals surface area contributed by atoms with Gasteiger partial charge in [-0.05, 0) is 48.2 Å². The van der Waals surface area contributed by atoms with Gasteiger partial charge in [-0.2, -0.15) is 0 Å². The number of piperidine rings is 1. The highest BCUT2D eigenvalue weighted by Crippen LogP contribution is 2.33. The van der Waals surface area contributed by atoms with E-state index in [4.69, 9.17) is 9.47 Å². The molecular weight excluding hydrogens is 374 g/mol. The summed E-state index contributed by atoms with van der Waals surface area (Å²) in [6.45, 7) is 2.09. The number of carbonyl (C=O) groups excluding carboxylic acids is 1. The van der Waals surface area contributed by atoms with Crippen molar-refractivity contribution in [1.82, 2.24) is 5.32 Å². The molecule has 0 aliphatic carbocycles. The highest BCUT2D eigenvalue weighted by Gasteiger charge is 2.37. The summed E-state index contributed by atoms with van der Waals surface area (Å²) in [5.41, 5.74) is 2.44. The topological polar surface area (TPSA) is 47.6 Å². The van der Waals surface area contributed by atoms with Gasteiger partial charge < -0.3 is 14.8 Å². The van der Waals surface area contributed by atoms with Crippen molar-refractivity contribution in [1.29, 1.82) is 0 Å². The third-order valence-electron chi connectivity index (χ3n) is 5.45. The van der Waals surface area contributed by atoms with Crippen LogP contribution in [-0.4, -0.2) is 19.1 Å². The first-order chi connectivity index (χ1) is 14.7. The van der Waals surface area contributed by atoms with Crippen molar-refractivity contribution in [2.24, 2.45) is 0 Å². The Bertz CT molecular complexity index is 950. The molecule has 1 unspecified atom stereocenters. The molecule has 30 heavy (non-hydrogen) atoms. The van der Waals surface area contributed by atoms with Crippen LogP contribution in [0.2, 0.25) is 0 Å². The zero-order valence-electron chi connectivity index (χ0n) is 17.1. The fraction of sp³-hybridized carbons (Fsp3) is 0.269. The van der Waals surface area contributed by atoms with Crippen molar-refractivity contribution in [2.75, 3.05) is 13.1 Å². The molecule has 0 aromatic heterocycles. The van der Waals surface area contributed by atoms with Gasteiger partial charge in [0.25, 0.3) is 0 Å². The first kappa shape index (κ1) is 20.2. The van der Waals surface area contributed by atoms with Crippen molar-refractivity contribution in [3.05, 3.63) is 102 Å². The molecule has 1 aliphatic rings. The number of nitrogens with one attached hydrogen (secondary N) is 1. The molecule has 0 spiro atoms. The quantitative estimate of drug-likeness (QED) is 0.587. The second kappa shape index (κ2) is 9.59. The number of ether oxygens (including phenoxy) is 2. The molecule has 1 atom stereocenters. The standard InChI is InChI=1S/C26H27NO3/c28-25(30-26(15-8-16-27-20-26)23-12-5-2-6-13-23)18-22-11-7-14-24(17-22)29-19-21-9-3-1-4-10-21/h1-7,9-14,17,27H,8,15-16,18-20H2. The predicted octanol–water partition coefficient (Wildman–Crippen LogP) is 4.63. The largest absolute Gasteiger partial charge is 0.489 e. The maximum Gasteiger partial charge on any atom is 0.311 e. The normalized spacial score (nSPS) is 18.5. The Labute approximate surface area is 177 Å². The first-order valence-corrected chi connectivity index (χ1v) is 10.5. The highest BCUT2D eigenvalue weighted by atomic mass is 16.6. The molecule has 1 saturated heterocycles. The van der Waals surface area contributed by atoms with E-state index in [0.717, 1.165) is 41.8 Å². The summed E-state index contributed by atoms with van der Waals surface area (Å²) in [6, 6.07) is 27.8. The van der Waals surface area contributed by atoms with E-state index in [-0.39, 0.29) is 12.4 Å². The van der Waals surface area contributed by atoms with Gasteiger partial charge in [0, 0.05) is 6.54 Å². The van der Waals surface area contributed by atoms with E-state index in [0.29, 0.717) is 13.2 Å². The van der Waals surface area contributed by atoms with Crippen LogP contribution in [0.4, 0.5) is 0 Å². The minimum atomic E-state index is -0.599. The van der Waals surface area contributed by atoms with Gasteiger partial charge in [-0.3, -0.25) is 4.79 Å². The van der Waals surface area contributed by atoms with E-state index in [1.807, 2.05) is 84.9 Å². The van der Waals surface area contributed by atoms with Crippen molar-refractivity contribution in [2.45, 2.75) is 31.5 Å². The minimum absolute atomic E-state index is 0.219. The summed E-state index contributed by atoms with van der Waals surface area (Å²) in [7, 11) is 0. The van der Waals surface area contributed by atoms with Crippen LogP contribution in [0.15, 0.2) is 84.9 Å². The van der Waals surface area contributed by atoms with Crippen molar-refractivity contribution in [3.63, 3.8) is 0 Å².